The Labute approximate surface area is 167 Å². The van der Waals surface area contributed by atoms with Gasteiger partial charge in [-0.15, -0.1) is 0 Å². The van der Waals surface area contributed by atoms with Crippen LogP contribution in [0.25, 0.3) is 0 Å². The number of ether oxygens (including phenoxy) is 2. The summed E-state index contributed by atoms with van der Waals surface area (Å²) >= 11 is 1.15. The Morgan fingerprint density at radius 3 is 2.71 bits per heavy atom. The molecule has 2 aromatic rings. The van der Waals surface area contributed by atoms with Crippen LogP contribution in [0.4, 0.5) is 5.69 Å². The van der Waals surface area contributed by atoms with Crippen molar-refractivity contribution in [3.05, 3.63) is 41.1 Å². The first-order valence-corrected chi connectivity index (χ1v) is 9.71. The third-order valence-corrected chi connectivity index (χ3v) is 5.04. The summed E-state index contributed by atoms with van der Waals surface area (Å²) in [6.07, 6.45) is 0.809. The van der Waals surface area contributed by atoms with E-state index in [0.29, 0.717) is 46.7 Å². The molecule has 0 aliphatic carbocycles. The molecule has 0 bridgehead atoms. The first-order valence-electron chi connectivity index (χ1n) is 8.73. The van der Waals surface area contributed by atoms with E-state index in [2.05, 4.69) is 10.3 Å². The summed E-state index contributed by atoms with van der Waals surface area (Å²) in [7, 11) is 0. The zero-order valence-electron chi connectivity index (χ0n) is 15.6. The van der Waals surface area contributed by atoms with E-state index < -0.39 is 0 Å². The van der Waals surface area contributed by atoms with Crippen molar-refractivity contribution in [2.75, 3.05) is 24.3 Å². The number of rotatable bonds is 5. The third kappa shape index (κ3) is 4.61. The molecule has 0 fully saturated rings. The van der Waals surface area contributed by atoms with Gasteiger partial charge in [0, 0.05) is 29.4 Å². The number of carbonyl (C=O) groups excluding carboxylic acids is 2. The highest BCUT2D eigenvalue weighted by molar-refractivity contribution is 8.00. The second kappa shape index (κ2) is 8.76. The number of ketones is 1. The second-order valence-corrected chi connectivity index (χ2v) is 7.15. The minimum absolute atomic E-state index is 0.0784. The second-order valence-electron chi connectivity index (χ2n) is 6.19. The van der Waals surface area contributed by atoms with Crippen LogP contribution >= 0.6 is 11.8 Å². The zero-order chi connectivity index (χ0) is 20.1. The van der Waals surface area contributed by atoms with Crippen LogP contribution in [0.15, 0.2) is 29.3 Å². The molecule has 0 saturated carbocycles. The van der Waals surface area contributed by atoms with Crippen LogP contribution in [0.3, 0.4) is 0 Å². The van der Waals surface area contributed by atoms with Crippen molar-refractivity contribution >= 4 is 29.1 Å². The van der Waals surface area contributed by atoms with E-state index in [4.69, 9.17) is 9.47 Å². The monoisotopic (exact) mass is 397 g/mol. The first kappa shape index (κ1) is 19.7. The SMILES string of the molecule is CC(=O)c1cc(C#N)c(SCC(=O)Nc2ccc3c(c2)OCCCO3)nc1C. The molecule has 1 amide bonds. The van der Waals surface area contributed by atoms with Crippen LogP contribution in [-0.2, 0) is 4.79 Å². The molecular formula is C20H19N3O4S. The summed E-state index contributed by atoms with van der Waals surface area (Å²) in [5.74, 6) is 0.957. The summed E-state index contributed by atoms with van der Waals surface area (Å²) in [6.45, 7) is 4.31. The van der Waals surface area contributed by atoms with Crippen molar-refractivity contribution in [1.82, 2.24) is 4.98 Å². The van der Waals surface area contributed by atoms with Gasteiger partial charge in [-0.05, 0) is 32.0 Å². The molecule has 1 N–H and O–H groups in total. The molecule has 2 heterocycles. The van der Waals surface area contributed by atoms with Gasteiger partial charge in [-0.3, -0.25) is 9.59 Å². The van der Waals surface area contributed by atoms with E-state index in [1.165, 1.54) is 13.0 Å². The molecule has 7 nitrogen and oxygen atoms in total. The first-order chi connectivity index (χ1) is 13.5. The molecule has 0 spiro atoms. The molecule has 8 heteroatoms. The van der Waals surface area contributed by atoms with Crippen molar-refractivity contribution in [3.63, 3.8) is 0 Å². The number of hydrogen-bond donors (Lipinski definition) is 1. The van der Waals surface area contributed by atoms with Crippen molar-refractivity contribution in [2.24, 2.45) is 0 Å². The van der Waals surface area contributed by atoms with Gasteiger partial charge in [0.1, 0.15) is 11.1 Å². The summed E-state index contributed by atoms with van der Waals surface area (Å²) < 4.78 is 11.2. The van der Waals surface area contributed by atoms with Crippen LogP contribution in [0.1, 0.15) is 35.0 Å². The maximum absolute atomic E-state index is 12.3. The number of hydrogen-bond acceptors (Lipinski definition) is 7. The molecule has 28 heavy (non-hydrogen) atoms. The van der Waals surface area contributed by atoms with Crippen LogP contribution in [-0.4, -0.2) is 35.6 Å². The van der Waals surface area contributed by atoms with E-state index in [0.717, 1.165) is 18.2 Å². The van der Waals surface area contributed by atoms with Gasteiger partial charge in [0.15, 0.2) is 17.3 Å². The predicted octanol–water partition coefficient (Wildman–Crippen LogP) is 3.36. The molecular weight excluding hydrogens is 378 g/mol. The molecule has 144 valence electrons. The summed E-state index contributed by atoms with van der Waals surface area (Å²) in [5.41, 5.74) is 1.84. The predicted molar refractivity (Wildman–Crippen MR) is 105 cm³/mol. The number of fused-ring (bicyclic) bond motifs is 1. The molecule has 0 unspecified atom stereocenters. The van der Waals surface area contributed by atoms with Crippen LogP contribution in [0.2, 0.25) is 0 Å². The highest BCUT2D eigenvalue weighted by Gasteiger charge is 2.15. The zero-order valence-corrected chi connectivity index (χ0v) is 16.4. The van der Waals surface area contributed by atoms with Crippen molar-refractivity contribution in [1.29, 1.82) is 5.26 Å². The van der Waals surface area contributed by atoms with Gasteiger partial charge in [0.25, 0.3) is 0 Å². The van der Waals surface area contributed by atoms with Gasteiger partial charge in [-0.25, -0.2) is 4.98 Å². The number of nitrogens with zero attached hydrogens (tertiary/aromatic N) is 2. The quantitative estimate of drug-likeness (QED) is 0.610. The number of anilines is 1. The highest BCUT2D eigenvalue weighted by Crippen LogP contribution is 2.32. The number of nitriles is 1. The number of pyridine rings is 1. The molecule has 3 rings (SSSR count). The van der Waals surface area contributed by atoms with E-state index in [-0.39, 0.29) is 23.0 Å². The van der Waals surface area contributed by atoms with Crippen LogP contribution < -0.4 is 14.8 Å². The standard InChI is InChI=1S/C20H19N3O4S/c1-12-16(13(2)24)8-14(10-21)20(22-12)28-11-19(25)23-15-4-5-17-18(9-15)27-7-3-6-26-17/h4-5,8-9H,3,6-7,11H2,1-2H3,(H,23,25). The average Bonchev–Trinajstić information content (AvgIpc) is 2.91. The number of aromatic nitrogens is 1. The highest BCUT2D eigenvalue weighted by atomic mass is 32.2. The Kier molecular flexibility index (Phi) is 6.16. The van der Waals surface area contributed by atoms with Crippen LogP contribution in [0.5, 0.6) is 11.5 Å². The summed E-state index contributed by atoms with van der Waals surface area (Å²) in [6, 6.07) is 8.80. The number of nitrogens with one attached hydrogen (secondary N) is 1. The minimum atomic E-state index is -0.238. The van der Waals surface area contributed by atoms with Gasteiger partial charge in [-0.1, -0.05) is 11.8 Å². The molecule has 1 aliphatic rings. The smallest absolute Gasteiger partial charge is 0.234 e. The third-order valence-electron chi connectivity index (χ3n) is 4.05. The Bertz CT molecular complexity index is 969. The van der Waals surface area contributed by atoms with Crippen molar-refractivity contribution in [3.8, 4) is 17.6 Å². The average molecular weight is 397 g/mol. The molecule has 1 aromatic heterocycles. The van der Waals surface area contributed by atoms with Crippen LogP contribution in [0, 0.1) is 18.3 Å². The molecule has 0 radical (unpaired) electrons. The molecule has 1 aromatic carbocycles. The summed E-state index contributed by atoms with van der Waals surface area (Å²) in [5, 5.41) is 12.5. The maximum atomic E-state index is 12.3. The van der Waals surface area contributed by atoms with Gasteiger partial charge in [0.2, 0.25) is 5.91 Å². The van der Waals surface area contributed by atoms with Crippen molar-refractivity contribution in [2.45, 2.75) is 25.3 Å². The van der Waals surface area contributed by atoms with E-state index >= 15 is 0 Å². The molecule has 0 saturated heterocycles. The van der Waals surface area contributed by atoms with E-state index in [1.807, 2.05) is 6.07 Å². The Morgan fingerprint density at radius 1 is 1.25 bits per heavy atom. The number of thioether (sulfide) groups is 1. The fraction of sp³-hybridized carbons (Fsp3) is 0.300. The molecule has 0 atom stereocenters. The largest absolute Gasteiger partial charge is 0.490 e. The fourth-order valence-corrected chi connectivity index (χ4v) is 3.50. The number of aryl methyl sites for hydroxylation is 1. The fourth-order valence-electron chi connectivity index (χ4n) is 2.70. The maximum Gasteiger partial charge on any atom is 0.234 e. The van der Waals surface area contributed by atoms with Gasteiger partial charge in [-0.2, -0.15) is 5.26 Å². The minimum Gasteiger partial charge on any atom is -0.490 e. The lowest BCUT2D eigenvalue weighted by Crippen LogP contribution is -2.14. The van der Waals surface area contributed by atoms with E-state index in [1.54, 1.807) is 25.1 Å². The van der Waals surface area contributed by atoms with Gasteiger partial charge >= 0.3 is 0 Å². The van der Waals surface area contributed by atoms with Gasteiger partial charge in [0.05, 0.1) is 24.5 Å². The van der Waals surface area contributed by atoms with Gasteiger partial charge < -0.3 is 14.8 Å². The number of Topliss-reactive ketones (excluding diaryl/α,β-unsaturated/α-hetero) is 1. The normalized spacial score (nSPS) is 12.6. The van der Waals surface area contributed by atoms with E-state index in [9.17, 15) is 14.9 Å². The van der Waals surface area contributed by atoms with Crippen molar-refractivity contribution < 1.29 is 19.1 Å². The summed E-state index contributed by atoms with van der Waals surface area (Å²) in [4.78, 5) is 28.2. The number of amides is 1. The molecule has 1 aliphatic heterocycles. The topological polar surface area (TPSA) is 101 Å². The Morgan fingerprint density at radius 2 is 2.00 bits per heavy atom. The number of benzene rings is 1. The Hall–Kier alpha value is -3.05. The lowest BCUT2D eigenvalue weighted by atomic mass is 10.1. The Balaban J connectivity index is 1.66. The lowest BCUT2D eigenvalue weighted by molar-refractivity contribution is -0.113. The number of carbonyl (C=O) groups is 2. The lowest BCUT2D eigenvalue weighted by Gasteiger charge is -2.11.